The molecule has 606 valence electrons. The molecule has 0 saturated carbocycles. The highest BCUT2D eigenvalue weighted by Crippen LogP contribution is 2.45. The maximum Gasteiger partial charge on any atom is 0.472 e. The Morgan fingerprint density at radius 1 is 0.235 bits per heavy atom. The van der Waals surface area contributed by atoms with E-state index >= 15 is 0 Å². The van der Waals surface area contributed by atoms with Crippen molar-refractivity contribution in [3.63, 3.8) is 0 Å². The summed E-state index contributed by atoms with van der Waals surface area (Å²) >= 11 is 0. The molecule has 102 heavy (non-hydrogen) atoms. The van der Waals surface area contributed by atoms with E-state index in [1.165, 1.54) is 283 Å². The largest absolute Gasteiger partial charge is 0.472 e. The second-order valence-corrected chi connectivity index (χ2v) is 32.8. The molecule has 17 nitrogen and oxygen atoms in total. The normalized spacial score (nSPS) is 13.8. The SMILES string of the molecule is CCCCCCCCCCCCCCCCCCCCCCCC(=O)O[C@H](COC(=O)CCCCCCCCCCCCCCCCCCCCCC)COP(=O)(O)OC[C@@H](O)COP(=O)(O)OC[C@@H](COC(=O)CCCCCCCCCCC)OC(=O)CCCCCCCCCCCCCC. The van der Waals surface area contributed by atoms with Gasteiger partial charge in [-0.1, -0.05) is 400 Å². The summed E-state index contributed by atoms with van der Waals surface area (Å²) in [5.74, 6) is -2.10. The van der Waals surface area contributed by atoms with Crippen LogP contribution in [-0.2, 0) is 65.4 Å². The van der Waals surface area contributed by atoms with Gasteiger partial charge in [0.15, 0.2) is 12.2 Å². The Morgan fingerprint density at radius 2 is 0.392 bits per heavy atom. The summed E-state index contributed by atoms with van der Waals surface area (Å²) in [6.07, 6.45) is 70.9. The molecule has 0 aromatic heterocycles. The number of phosphoric ester groups is 2. The number of ether oxygens (including phenoxy) is 4. The summed E-state index contributed by atoms with van der Waals surface area (Å²) in [5.41, 5.74) is 0. The van der Waals surface area contributed by atoms with Crippen LogP contribution in [0.25, 0.3) is 0 Å². The van der Waals surface area contributed by atoms with Crippen LogP contribution < -0.4 is 0 Å². The van der Waals surface area contributed by atoms with E-state index < -0.39 is 97.5 Å². The van der Waals surface area contributed by atoms with Gasteiger partial charge >= 0.3 is 39.5 Å². The van der Waals surface area contributed by atoms with Crippen LogP contribution in [0.5, 0.6) is 0 Å². The number of phosphoric acid groups is 2. The Balaban J connectivity index is 5.18. The number of esters is 4. The van der Waals surface area contributed by atoms with E-state index in [4.69, 9.17) is 37.0 Å². The number of hydrogen-bond acceptors (Lipinski definition) is 15. The van der Waals surface area contributed by atoms with Crippen LogP contribution in [-0.4, -0.2) is 96.7 Å². The lowest BCUT2D eigenvalue weighted by molar-refractivity contribution is -0.161. The van der Waals surface area contributed by atoms with Gasteiger partial charge in [-0.2, -0.15) is 0 Å². The van der Waals surface area contributed by atoms with Gasteiger partial charge in [-0.25, -0.2) is 9.13 Å². The Morgan fingerprint density at radius 3 is 0.578 bits per heavy atom. The third kappa shape index (κ3) is 76.3. The molecule has 0 aromatic carbocycles. The van der Waals surface area contributed by atoms with Crippen LogP contribution in [0.4, 0.5) is 0 Å². The van der Waals surface area contributed by atoms with Crippen molar-refractivity contribution in [3.05, 3.63) is 0 Å². The van der Waals surface area contributed by atoms with Crippen molar-refractivity contribution in [1.82, 2.24) is 0 Å². The number of rotatable bonds is 84. The van der Waals surface area contributed by atoms with E-state index in [9.17, 15) is 43.2 Å². The Kier molecular flexibility index (Phi) is 75.8. The molecule has 2 unspecified atom stereocenters. The number of aliphatic hydroxyl groups excluding tert-OH is 1. The van der Waals surface area contributed by atoms with Crippen molar-refractivity contribution in [2.45, 2.75) is 470 Å². The summed E-state index contributed by atoms with van der Waals surface area (Å²) in [6.45, 7) is 5.01. The molecular weight excluding hydrogens is 1330 g/mol. The molecule has 0 bridgehead atoms. The fourth-order valence-electron chi connectivity index (χ4n) is 13.0. The monoisotopic (exact) mass is 1490 g/mol. The smallest absolute Gasteiger partial charge is 0.462 e. The van der Waals surface area contributed by atoms with Gasteiger partial charge in [-0.3, -0.25) is 37.3 Å². The van der Waals surface area contributed by atoms with Gasteiger partial charge in [0.05, 0.1) is 26.4 Å². The van der Waals surface area contributed by atoms with Crippen LogP contribution in [0.1, 0.15) is 451 Å². The van der Waals surface area contributed by atoms with Crippen molar-refractivity contribution >= 4 is 39.5 Å². The summed E-state index contributed by atoms with van der Waals surface area (Å²) in [7, 11) is -9.92. The highest BCUT2D eigenvalue weighted by atomic mass is 31.2. The van der Waals surface area contributed by atoms with Crippen molar-refractivity contribution < 1.29 is 80.2 Å². The fraction of sp³-hybridized carbons (Fsp3) is 0.952. The maximum absolute atomic E-state index is 13.1. The van der Waals surface area contributed by atoms with Crippen molar-refractivity contribution in [3.8, 4) is 0 Å². The predicted octanol–water partition coefficient (Wildman–Crippen LogP) is 25.4. The number of aliphatic hydroxyl groups is 1. The molecule has 0 spiro atoms. The molecule has 5 atom stereocenters. The van der Waals surface area contributed by atoms with Gasteiger partial charge in [-0.05, 0) is 25.7 Å². The molecule has 0 aliphatic rings. The van der Waals surface area contributed by atoms with Gasteiger partial charge in [-0.15, -0.1) is 0 Å². The van der Waals surface area contributed by atoms with Gasteiger partial charge < -0.3 is 33.8 Å². The first kappa shape index (κ1) is 100. The number of carbonyl (C=O) groups excluding carboxylic acids is 4. The lowest BCUT2D eigenvalue weighted by atomic mass is 10.0. The highest BCUT2D eigenvalue weighted by molar-refractivity contribution is 7.47. The van der Waals surface area contributed by atoms with Gasteiger partial charge in [0, 0.05) is 25.7 Å². The van der Waals surface area contributed by atoms with Gasteiger partial charge in [0.2, 0.25) is 0 Å². The molecule has 0 radical (unpaired) electrons. The van der Waals surface area contributed by atoms with E-state index in [1.807, 2.05) is 0 Å². The molecule has 3 N–H and O–H groups in total. The van der Waals surface area contributed by atoms with Gasteiger partial charge in [0.1, 0.15) is 19.3 Å². The first-order valence-corrected chi connectivity index (χ1v) is 46.3. The van der Waals surface area contributed by atoms with E-state index in [0.29, 0.717) is 25.7 Å². The first-order valence-electron chi connectivity index (χ1n) is 43.3. The lowest BCUT2D eigenvalue weighted by Gasteiger charge is -2.21. The molecule has 0 aliphatic carbocycles. The number of unbranched alkanes of at least 4 members (excludes halogenated alkanes) is 58. The Bertz CT molecular complexity index is 1930. The molecule has 0 heterocycles. The summed E-state index contributed by atoms with van der Waals surface area (Å²) in [5, 5.41) is 10.6. The van der Waals surface area contributed by atoms with Crippen LogP contribution in [0.3, 0.4) is 0 Å². The Labute approximate surface area is 626 Å². The molecule has 0 rings (SSSR count). The zero-order chi connectivity index (χ0) is 74.6. The van der Waals surface area contributed by atoms with Crippen LogP contribution in [0.2, 0.25) is 0 Å². The lowest BCUT2D eigenvalue weighted by Crippen LogP contribution is -2.30. The molecule has 0 aliphatic heterocycles. The van der Waals surface area contributed by atoms with Gasteiger partial charge in [0.25, 0.3) is 0 Å². The summed E-state index contributed by atoms with van der Waals surface area (Å²) < 4.78 is 68.7. The van der Waals surface area contributed by atoms with Crippen molar-refractivity contribution in [2.24, 2.45) is 0 Å². The predicted molar refractivity (Wildman–Crippen MR) is 419 cm³/mol. The molecule has 0 saturated heterocycles. The van der Waals surface area contributed by atoms with Crippen LogP contribution in [0, 0.1) is 0 Å². The molecule has 0 amide bonds. The van der Waals surface area contributed by atoms with Crippen LogP contribution >= 0.6 is 15.6 Å². The third-order valence-electron chi connectivity index (χ3n) is 19.6. The minimum absolute atomic E-state index is 0.108. The van der Waals surface area contributed by atoms with E-state index in [0.717, 1.165) is 89.9 Å². The zero-order valence-corrected chi connectivity index (χ0v) is 68.4. The molecular formula is C83H162O17P2. The average molecular weight is 1490 g/mol. The van der Waals surface area contributed by atoms with E-state index in [2.05, 4.69) is 27.7 Å². The van der Waals surface area contributed by atoms with Crippen molar-refractivity contribution in [1.29, 1.82) is 0 Å². The maximum atomic E-state index is 13.1. The minimum atomic E-state index is -4.96. The number of hydrogen-bond donors (Lipinski definition) is 3. The van der Waals surface area contributed by atoms with E-state index in [-0.39, 0.29) is 25.7 Å². The highest BCUT2D eigenvalue weighted by Gasteiger charge is 2.30. The summed E-state index contributed by atoms with van der Waals surface area (Å²) in [4.78, 5) is 73.0. The molecule has 0 aromatic rings. The van der Waals surface area contributed by atoms with Crippen LogP contribution in [0.15, 0.2) is 0 Å². The quantitative estimate of drug-likeness (QED) is 0.0222. The standard InChI is InChI=1S/C83H162O17P2/c1-5-9-13-17-21-25-28-31-33-35-37-39-41-43-45-47-50-54-58-62-66-70-83(88)100-79(74-94-81(86)68-64-60-56-52-49-46-44-42-40-38-36-34-32-29-26-22-18-14-10-6-2)76-98-102(91,92)96-72-77(84)71-95-101(89,90)97-75-78(73-93-80(85)67-63-59-55-51-24-20-16-12-8-4)99-82(87)69-65-61-57-53-48-30-27-23-19-15-11-7-3/h77-79,84H,5-76H2,1-4H3,(H,89,90)(H,91,92)/t77-,78+,79+/m0/s1. The van der Waals surface area contributed by atoms with Crippen molar-refractivity contribution in [2.75, 3.05) is 39.6 Å². The second-order valence-electron chi connectivity index (χ2n) is 29.9. The fourth-order valence-corrected chi connectivity index (χ4v) is 14.6. The Hall–Kier alpha value is -1.94. The summed E-state index contributed by atoms with van der Waals surface area (Å²) in [6, 6.07) is 0. The average Bonchev–Trinajstić information content (AvgIpc) is 0.920. The molecule has 19 heteroatoms. The topological polar surface area (TPSA) is 237 Å². The third-order valence-corrected chi connectivity index (χ3v) is 21.5. The zero-order valence-electron chi connectivity index (χ0n) is 66.6. The number of carbonyl (C=O) groups is 4. The van der Waals surface area contributed by atoms with E-state index in [1.54, 1.807) is 0 Å². The molecule has 0 fully saturated rings. The first-order chi connectivity index (χ1) is 49.7. The minimum Gasteiger partial charge on any atom is -0.462 e. The second kappa shape index (κ2) is 77.2.